The van der Waals surface area contributed by atoms with Crippen molar-refractivity contribution in [2.24, 2.45) is 0 Å². The number of halogens is 1. The Morgan fingerprint density at radius 2 is 2.27 bits per heavy atom. The fraction of sp³-hybridized carbons (Fsp3) is 0.417. The molecule has 0 heterocycles. The summed E-state index contributed by atoms with van der Waals surface area (Å²) >= 11 is 5.79. The van der Waals surface area contributed by atoms with E-state index in [1.807, 2.05) is 13.8 Å². The smallest absolute Gasteiger partial charge is 0.188 e. The zero-order valence-electron chi connectivity index (χ0n) is 9.00. The van der Waals surface area contributed by atoms with Gasteiger partial charge >= 0.3 is 0 Å². The molecule has 1 unspecified atom stereocenters. The van der Waals surface area contributed by atoms with Crippen LogP contribution in [0.3, 0.4) is 0 Å². The van der Waals surface area contributed by atoms with E-state index >= 15 is 0 Å². The molecule has 0 N–H and O–H groups in total. The molecule has 0 fully saturated rings. The van der Waals surface area contributed by atoms with Gasteiger partial charge in [-0.2, -0.15) is 0 Å². The first-order chi connectivity index (χ1) is 7.13. The summed E-state index contributed by atoms with van der Waals surface area (Å²) in [4.78, 5) is 11.6. The summed E-state index contributed by atoms with van der Waals surface area (Å²) in [5, 5.41) is 0.574. The monoisotopic (exact) mass is 226 g/mol. The van der Waals surface area contributed by atoms with E-state index in [9.17, 15) is 4.79 Å². The molecule has 1 atom stereocenters. The number of ether oxygens (including phenoxy) is 1. The second kappa shape index (κ2) is 5.89. The third kappa shape index (κ3) is 4.02. The third-order valence-corrected chi connectivity index (χ3v) is 2.46. The molecule has 1 aromatic carbocycles. The maximum atomic E-state index is 11.6. The van der Waals surface area contributed by atoms with Crippen LogP contribution in [0.5, 0.6) is 0 Å². The Hall–Kier alpha value is -0.860. The summed E-state index contributed by atoms with van der Waals surface area (Å²) in [6.07, 6.45) is 1.02. The van der Waals surface area contributed by atoms with Crippen LogP contribution in [0.2, 0.25) is 5.02 Å². The fourth-order valence-corrected chi connectivity index (χ4v) is 1.27. The molecule has 0 aliphatic heterocycles. The van der Waals surface area contributed by atoms with Crippen molar-refractivity contribution in [3.05, 3.63) is 34.9 Å². The lowest BCUT2D eigenvalue weighted by atomic mass is 10.1. The molecule has 1 rings (SSSR count). The standard InChI is InChI=1S/C12H15ClO2/c1-3-9(2)15-8-12(14)10-5-4-6-11(13)7-10/h4-7,9H,3,8H2,1-2H3. The van der Waals surface area contributed by atoms with Gasteiger partial charge in [0.15, 0.2) is 5.78 Å². The lowest BCUT2D eigenvalue weighted by molar-refractivity contribution is 0.0511. The molecule has 0 saturated heterocycles. The highest BCUT2D eigenvalue weighted by Gasteiger charge is 2.08. The Balaban J connectivity index is 2.54. The van der Waals surface area contributed by atoms with E-state index in [0.29, 0.717) is 10.6 Å². The van der Waals surface area contributed by atoms with Crippen molar-refractivity contribution in [1.82, 2.24) is 0 Å². The normalized spacial score (nSPS) is 12.5. The summed E-state index contributed by atoms with van der Waals surface area (Å²) in [5.41, 5.74) is 0.603. The molecule has 0 amide bonds. The van der Waals surface area contributed by atoms with Crippen LogP contribution in [0.25, 0.3) is 0 Å². The van der Waals surface area contributed by atoms with Gasteiger partial charge in [-0.15, -0.1) is 0 Å². The number of carbonyl (C=O) groups excluding carboxylic acids is 1. The Labute approximate surface area is 95.2 Å². The summed E-state index contributed by atoms with van der Waals surface area (Å²) in [6.45, 7) is 4.09. The van der Waals surface area contributed by atoms with Gasteiger partial charge in [0.2, 0.25) is 0 Å². The van der Waals surface area contributed by atoms with E-state index in [1.165, 1.54) is 0 Å². The van der Waals surface area contributed by atoms with Crippen LogP contribution in [0.15, 0.2) is 24.3 Å². The summed E-state index contributed by atoms with van der Waals surface area (Å²) < 4.78 is 5.35. The van der Waals surface area contributed by atoms with E-state index in [1.54, 1.807) is 24.3 Å². The van der Waals surface area contributed by atoms with Gasteiger partial charge in [-0.05, 0) is 25.5 Å². The second-order valence-corrected chi connectivity index (χ2v) is 3.90. The Bertz CT molecular complexity index is 336. The van der Waals surface area contributed by atoms with Crippen molar-refractivity contribution in [3.63, 3.8) is 0 Å². The van der Waals surface area contributed by atoms with Gasteiger partial charge in [-0.1, -0.05) is 30.7 Å². The minimum atomic E-state index is -0.0298. The first-order valence-electron chi connectivity index (χ1n) is 5.04. The minimum absolute atomic E-state index is 0.0298. The number of carbonyl (C=O) groups is 1. The van der Waals surface area contributed by atoms with Gasteiger partial charge in [-0.25, -0.2) is 0 Å². The topological polar surface area (TPSA) is 26.3 Å². The number of Topliss-reactive ketones (excluding diaryl/α,β-unsaturated/α-hetero) is 1. The zero-order valence-corrected chi connectivity index (χ0v) is 9.75. The van der Waals surface area contributed by atoms with Gasteiger partial charge in [-0.3, -0.25) is 4.79 Å². The molecule has 0 spiro atoms. The molecule has 15 heavy (non-hydrogen) atoms. The Morgan fingerprint density at radius 1 is 1.53 bits per heavy atom. The van der Waals surface area contributed by atoms with Crippen LogP contribution < -0.4 is 0 Å². The Morgan fingerprint density at radius 3 is 2.87 bits per heavy atom. The molecule has 2 nitrogen and oxygen atoms in total. The highest BCUT2D eigenvalue weighted by atomic mass is 35.5. The molecular weight excluding hydrogens is 212 g/mol. The van der Waals surface area contributed by atoms with Crippen molar-refractivity contribution in [3.8, 4) is 0 Å². The molecule has 0 aliphatic rings. The van der Waals surface area contributed by atoms with Crippen molar-refractivity contribution < 1.29 is 9.53 Å². The maximum Gasteiger partial charge on any atom is 0.188 e. The average Bonchev–Trinajstić information content (AvgIpc) is 2.25. The lowest BCUT2D eigenvalue weighted by Crippen LogP contribution is -2.15. The van der Waals surface area contributed by atoms with Gasteiger partial charge in [0.1, 0.15) is 6.61 Å². The first-order valence-corrected chi connectivity index (χ1v) is 5.41. The quantitative estimate of drug-likeness (QED) is 0.720. The molecule has 82 valence electrons. The highest BCUT2D eigenvalue weighted by Crippen LogP contribution is 2.11. The second-order valence-electron chi connectivity index (χ2n) is 3.46. The van der Waals surface area contributed by atoms with Gasteiger partial charge < -0.3 is 4.74 Å². The van der Waals surface area contributed by atoms with E-state index in [0.717, 1.165) is 6.42 Å². The molecule has 1 aromatic rings. The van der Waals surface area contributed by atoms with Crippen LogP contribution in [-0.4, -0.2) is 18.5 Å². The molecule has 0 bridgehead atoms. The van der Waals surface area contributed by atoms with E-state index in [-0.39, 0.29) is 18.5 Å². The number of benzene rings is 1. The summed E-state index contributed by atoms with van der Waals surface area (Å²) in [6, 6.07) is 6.91. The lowest BCUT2D eigenvalue weighted by Gasteiger charge is -2.09. The molecule has 0 aliphatic carbocycles. The van der Waals surface area contributed by atoms with Crippen molar-refractivity contribution in [2.75, 3.05) is 6.61 Å². The minimum Gasteiger partial charge on any atom is -0.370 e. The predicted octanol–water partition coefficient (Wildman–Crippen LogP) is 3.34. The van der Waals surface area contributed by atoms with Crippen molar-refractivity contribution in [2.45, 2.75) is 26.4 Å². The zero-order chi connectivity index (χ0) is 11.3. The van der Waals surface area contributed by atoms with E-state index in [2.05, 4.69) is 0 Å². The van der Waals surface area contributed by atoms with Gasteiger partial charge in [0.05, 0.1) is 6.10 Å². The number of rotatable bonds is 5. The van der Waals surface area contributed by atoms with Crippen molar-refractivity contribution >= 4 is 17.4 Å². The van der Waals surface area contributed by atoms with Gasteiger partial charge in [0, 0.05) is 10.6 Å². The number of hydrogen-bond donors (Lipinski definition) is 0. The summed E-state index contributed by atoms with van der Waals surface area (Å²) in [5.74, 6) is -0.0298. The number of hydrogen-bond acceptors (Lipinski definition) is 2. The van der Waals surface area contributed by atoms with Crippen molar-refractivity contribution in [1.29, 1.82) is 0 Å². The fourth-order valence-electron chi connectivity index (χ4n) is 1.08. The predicted molar refractivity (Wildman–Crippen MR) is 61.5 cm³/mol. The molecular formula is C12H15ClO2. The number of ketones is 1. The van der Waals surface area contributed by atoms with Crippen LogP contribution in [0.4, 0.5) is 0 Å². The van der Waals surface area contributed by atoms with Gasteiger partial charge in [0.25, 0.3) is 0 Å². The largest absolute Gasteiger partial charge is 0.370 e. The molecule has 0 radical (unpaired) electrons. The third-order valence-electron chi connectivity index (χ3n) is 2.22. The van der Waals surface area contributed by atoms with Crippen LogP contribution in [0, 0.1) is 0 Å². The van der Waals surface area contributed by atoms with Crippen LogP contribution >= 0.6 is 11.6 Å². The Kier molecular flexibility index (Phi) is 4.79. The van der Waals surface area contributed by atoms with Crippen LogP contribution in [0.1, 0.15) is 30.6 Å². The summed E-state index contributed by atoms with van der Waals surface area (Å²) in [7, 11) is 0. The average molecular weight is 227 g/mol. The van der Waals surface area contributed by atoms with Crippen LogP contribution in [-0.2, 0) is 4.74 Å². The van der Waals surface area contributed by atoms with E-state index < -0.39 is 0 Å². The van der Waals surface area contributed by atoms with E-state index in [4.69, 9.17) is 16.3 Å². The molecule has 3 heteroatoms. The first kappa shape index (κ1) is 12.2. The molecule has 0 aromatic heterocycles. The SMILES string of the molecule is CCC(C)OCC(=O)c1cccc(Cl)c1. The maximum absolute atomic E-state index is 11.6. The molecule has 0 saturated carbocycles. The highest BCUT2D eigenvalue weighted by molar-refractivity contribution is 6.31.